The minimum Gasteiger partial charge on any atom is -0.324 e. The first-order valence-corrected chi connectivity index (χ1v) is 11.7. The van der Waals surface area contributed by atoms with Crippen molar-refractivity contribution in [3.05, 3.63) is 34.9 Å². The van der Waals surface area contributed by atoms with Crippen LogP contribution in [0.3, 0.4) is 0 Å². The van der Waals surface area contributed by atoms with Crippen molar-refractivity contribution >= 4 is 26.3 Å². The molecule has 0 saturated carbocycles. The van der Waals surface area contributed by atoms with Gasteiger partial charge in [0.25, 0.3) is 0 Å². The lowest BCUT2D eigenvalue weighted by Gasteiger charge is -2.14. The highest BCUT2D eigenvalue weighted by molar-refractivity contribution is 8.08. The summed E-state index contributed by atoms with van der Waals surface area (Å²) in [4.78, 5) is 26.7. The van der Waals surface area contributed by atoms with Crippen molar-refractivity contribution in [3.63, 3.8) is 0 Å². The van der Waals surface area contributed by atoms with Crippen LogP contribution >= 0.6 is 14.5 Å². The molecule has 0 heterocycles. The SMILES string of the molecule is CC(C)=CCCC(C)=CCCC(C)=CCOP(O)(=S)OP(=O)(O)O. The van der Waals surface area contributed by atoms with Gasteiger partial charge in [-0.1, -0.05) is 34.9 Å². The molecule has 3 N–H and O–H groups in total. The fourth-order valence-electron chi connectivity index (χ4n) is 1.77. The van der Waals surface area contributed by atoms with Crippen LogP contribution in [0.25, 0.3) is 0 Å². The Kier molecular flexibility index (Phi) is 11.5. The van der Waals surface area contributed by atoms with Crippen molar-refractivity contribution in [2.45, 2.75) is 53.4 Å². The number of hydrogen-bond acceptors (Lipinski definition) is 4. The van der Waals surface area contributed by atoms with Crippen molar-refractivity contribution in [3.8, 4) is 0 Å². The zero-order chi connectivity index (χ0) is 18.8. The van der Waals surface area contributed by atoms with E-state index in [2.05, 4.69) is 49.0 Å². The molecular formula is C15H28O6P2S. The molecule has 0 radical (unpaired) electrons. The second kappa shape index (κ2) is 11.5. The third-order valence-corrected chi connectivity index (χ3v) is 6.07. The molecule has 0 fully saturated rings. The quantitative estimate of drug-likeness (QED) is 0.341. The lowest BCUT2D eigenvalue weighted by molar-refractivity contribution is 0.232. The number of phosphoric acid groups is 1. The summed E-state index contributed by atoms with van der Waals surface area (Å²) in [6.45, 7) is 4.23. The van der Waals surface area contributed by atoms with Gasteiger partial charge in [-0.3, -0.25) is 0 Å². The molecule has 0 aliphatic heterocycles. The molecule has 0 aliphatic rings. The summed E-state index contributed by atoms with van der Waals surface area (Å²) >= 11 is 4.51. The molecule has 1 unspecified atom stereocenters. The molecule has 6 nitrogen and oxygen atoms in total. The van der Waals surface area contributed by atoms with E-state index in [-0.39, 0.29) is 6.61 Å². The van der Waals surface area contributed by atoms with E-state index in [1.165, 1.54) is 11.1 Å². The fourth-order valence-corrected chi connectivity index (χ4v) is 4.26. The third kappa shape index (κ3) is 15.4. The third-order valence-electron chi connectivity index (χ3n) is 3.00. The van der Waals surface area contributed by atoms with Gasteiger partial charge in [0.2, 0.25) is 0 Å². The standard InChI is InChI=1S/C15H28O6P2S/c1-13(2)7-5-8-14(3)9-6-10-15(4)11-12-20-23(19,24)21-22(16,17)18/h7,9,11H,5-6,8,10,12H2,1-4H3,(H,19,24)(H2,16,17,18). The number of rotatable bonds is 11. The molecule has 0 aromatic rings. The molecule has 1 atom stereocenters. The van der Waals surface area contributed by atoms with E-state index < -0.39 is 14.5 Å². The maximum absolute atomic E-state index is 10.6. The van der Waals surface area contributed by atoms with Gasteiger partial charge in [0.05, 0.1) is 6.61 Å². The van der Waals surface area contributed by atoms with Gasteiger partial charge in [-0.2, -0.15) is 0 Å². The van der Waals surface area contributed by atoms with Crippen LogP contribution in [0.1, 0.15) is 53.4 Å². The Bertz CT molecular complexity index is 573. The van der Waals surface area contributed by atoms with Crippen LogP contribution in [0.5, 0.6) is 0 Å². The highest BCUT2D eigenvalue weighted by Gasteiger charge is 2.27. The normalized spacial score (nSPS) is 16.0. The van der Waals surface area contributed by atoms with Gasteiger partial charge in [0, 0.05) is 0 Å². The Morgan fingerprint density at radius 2 is 1.46 bits per heavy atom. The molecule has 0 spiro atoms. The molecule has 0 bridgehead atoms. The zero-order valence-corrected chi connectivity index (χ0v) is 17.2. The lowest BCUT2D eigenvalue weighted by atomic mass is 10.1. The summed E-state index contributed by atoms with van der Waals surface area (Å²) in [5.41, 5.74) is 3.71. The smallest absolute Gasteiger partial charge is 0.324 e. The van der Waals surface area contributed by atoms with E-state index in [4.69, 9.17) is 14.3 Å². The van der Waals surface area contributed by atoms with Crippen molar-refractivity contribution in [1.82, 2.24) is 0 Å². The molecule has 0 rings (SSSR count). The molecule has 24 heavy (non-hydrogen) atoms. The average Bonchev–Trinajstić information content (AvgIpc) is 2.34. The Balaban J connectivity index is 4.18. The van der Waals surface area contributed by atoms with Gasteiger partial charge in [0.1, 0.15) is 0 Å². The second-order valence-corrected chi connectivity index (χ2v) is 10.0. The minimum atomic E-state index is -4.86. The first kappa shape index (κ1) is 23.9. The Morgan fingerprint density at radius 1 is 0.958 bits per heavy atom. The average molecular weight is 398 g/mol. The largest absolute Gasteiger partial charge is 0.476 e. The summed E-state index contributed by atoms with van der Waals surface area (Å²) in [5.74, 6) is 0. The summed E-state index contributed by atoms with van der Waals surface area (Å²) in [5, 5.41) is 0. The first-order chi connectivity index (χ1) is 10.9. The van der Waals surface area contributed by atoms with E-state index in [1.807, 2.05) is 6.92 Å². The molecular weight excluding hydrogens is 370 g/mol. The van der Waals surface area contributed by atoms with Crippen LogP contribution < -0.4 is 0 Å². The van der Waals surface area contributed by atoms with Crippen LogP contribution in [-0.2, 0) is 25.2 Å². The lowest BCUT2D eigenvalue weighted by Crippen LogP contribution is -1.94. The van der Waals surface area contributed by atoms with Gasteiger partial charge in [-0.25, -0.2) is 8.88 Å². The summed E-state index contributed by atoms with van der Waals surface area (Å²) in [6, 6.07) is 0. The Hall–Kier alpha value is -0.100. The summed E-state index contributed by atoms with van der Waals surface area (Å²) in [7, 11) is -4.86. The highest BCUT2D eigenvalue weighted by atomic mass is 32.5. The van der Waals surface area contributed by atoms with Crippen molar-refractivity contribution in [2.75, 3.05) is 6.61 Å². The molecule has 0 saturated heterocycles. The number of allylic oxidation sites excluding steroid dienone is 5. The second-order valence-electron chi connectivity index (χ2n) is 5.80. The van der Waals surface area contributed by atoms with Crippen LogP contribution in [0.4, 0.5) is 0 Å². The maximum atomic E-state index is 10.6. The van der Waals surface area contributed by atoms with Crippen molar-refractivity contribution < 1.29 is 28.1 Å². The van der Waals surface area contributed by atoms with E-state index in [0.717, 1.165) is 31.3 Å². The maximum Gasteiger partial charge on any atom is 0.476 e. The van der Waals surface area contributed by atoms with E-state index >= 15 is 0 Å². The molecule has 0 amide bonds. The van der Waals surface area contributed by atoms with Crippen LogP contribution in [0, 0.1) is 0 Å². The van der Waals surface area contributed by atoms with Crippen LogP contribution in [0.2, 0.25) is 0 Å². The molecule has 140 valence electrons. The highest BCUT2D eigenvalue weighted by Crippen LogP contribution is 2.57. The van der Waals surface area contributed by atoms with E-state index in [9.17, 15) is 9.46 Å². The van der Waals surface area contributed by atoms with Crippen molar-refractivity contribution in [2.24, 2.45) is 0 Å². The zero-order valence-electron chi connectivity index (χ0n) is 14.6. The predicted molar refractivity (Wildman–Crippen MR) is 101 cm³/mol. The Morgan fingerprint density at radius 3 is 1.96 bits per heavy atom. The van der Waals surface area contributed by atoms with Gasteiger partial charge < -0.3 is 19.2 Å². The van der Waals surface area contributed by atoms with Gasteiger partial charge in [-0.15, -0.1) is 0 Å². The first-order valence-electron chi connectivity index (χ1n) is 7.60. The minimum absolute atomic E-state index is 0.0527. The van der Waals surface area contributed by atoms with Crippen LogP contribution in [0.15, 0.2) is 34.9 Å². The molecule has 0 aromatic heterocycles. The monoisotopic (exact) mass is 398 g/mol. The summed E-state index contributed by atoms with van der Waals surface area (Å²) in [6.07, 6.45) is 9.96. The van der Waals surface area contributed by atoms with Gasteiger partial charge in [0.15, 0.2) is 0 Å². The molecule has 0 aromatic carbocycles. The van der Waals surface area contributed by atoms with Crippen molar-refractivity contribution in [1.29, 1.82) is 0 Å². The predicted octanol–water partition coefficient (Wildman–Crippen LogP) is 4.75. The molecule has 0 aliphatic carbocycles. The van der Waals surface area contributed by atoms with E-state index in [0.29, 0.717) is 0 Å². The van der Waals surface area contributed by atoms with Gasteiger partial charge in [-0.05, 0) is 65.2 Å². The van der Waals surface area contributed by atoms with Gasteiger partial charge >= 0.3 is 14.5 Å². The van der Waals surface area contributed by atoms with E-state index in [1.54, 1.807) is 6.08 Å². The number of hydrogen-bond donors (Lipinski definition) is 3. The van der Waals surface area contributed by atoms with Crippen LogP contribution in [-0.4, -0.2) is 21.3 Å². The molecule has 9 heteroatoms. The fraction of sp³-hybridized carbons (Fsp3) is 0.600. The Labute approximate surface area is 149 Å². The summed E-state index contributed by atoms with van der Waals surface area (Å²) < 4.78 is 19.5. The topological polar surface area (TPSA) is 96.2 Å².